The van der Waals surface area contributed by atoms with Gasteiger partial charge in [-0.05, 0) is 12.1 Å². The van der Waals surface area contributed by atoms with E-state index in [0.29, 0.717) is 11.5 Å². The summed E-state index contributed by atoms with van der Waals surface area (Å²) >= 11 is 0. The minimum atomic E-state index is -0.947. The van der Waals surface area contributed by atoms with Crippen molar-refractivity contribution in [3.63, 3.8) is 0 Å². The highest BCUT2D eigenvalue weighted by Crippen LogP contribution is 2.24. The summed E-state index contributed by atoms with van der Waals surface area (Å²) in [7, 11) is 1.41. The molecule has 17 heavy (non-hydrogen) atoms. The number of amides is 1. The fourth-order valence-electron chi connectivity index (χ4n) is 1.21. The first kappa shape index (κ1) is 13.3. The van der Waals surface area contributed by atoms with Gasteiger partial charge in [0.05, 0.1) is 19.3 Å². The van der Waals surface area contributed by atoms with Crippen LogP contribution in [0.3, 0.4) is 0 Å². The van der Waals surface area contributed by atoms with Crippen molar-refractivity contribution in [3.05, 3.63) is 23.8 Å². The van der Waals surface area contributed by atoms with Crippen LogP contribution < -0.4 is 15.2 Å². The molecule has 0 saturated heterocycles. The first-order chi connectivity index (χ1) is 8.08. The second-order valence-corrected chi connectivity index (χ2v) is 3.37. The molecule has 6 heteroatoms. The van der Waals surface area contributed by atoms with Gasteiger partial charge in [0.25, 0.3) is 5.91 Å². The van der Waals surface area contributed by atoms with E-state index in [-0.39, 0.29) is 18.8 Å². The minimum Gasteiger partial charge on any atom is -0.496 e. The lowest BCUT2D eigenvalue weighted by atomic mass is 10.2. The zero-order valence-electron chi connectivity index (χ0n) is 9.42. The third-order valence-electron chi connectivity index (χ3n) is 2.09. The van der Waals surface area contributed by atoms with Crippen LogP contribution in [0.15, 0.2) is 18.2 Å². The number of ether oxygens (including phenoxy) is 2. The van der Waals surface area contributed by atoms with E-state index in [0.717, 1.165) is 0 Å². The molecule has 0 fully saturated rings. The van der Waals surface area contributed by atoms with Gasteiger partial charge in [0, 0.05) is 6.07 Å². The third kappa shape index (κ3) is 3.61. The number of nitrogens with two attached hydrogens (primary N) is 1. The SMILES string of the molecule is COc1cc(OC[C@@H](O)CO)ccc1C(N)=O. The summed E-state index contributed by atoms with van der Waals surface area (Å²) < 4.78 is 10.2. The van der Waals surface area contributed by atoms with Crippen molar-refractivity contribution < 1.29 is 24.5 Å². The van der Waals surface area contributed by atoms with E-state index < -0.39 is 12.0 Å². The quantitative estimate of drug-likeness (QED) is 0.624. The number of carbonyl (C=O) groups excluding carboxylic acids is 1. The van der Waals surface area contributed by atoms with Gasteiger partial charge >= 0.3 is 0 Å². The molecule has 0 aliphatic rings. The highest BCUT2D eigenvalue weighted by atomic mass is 16.5. The first-order valence-corrected chi connectivity index (χ1v) is 4.98. The van der Waals surface area contributed by atoms with Crippen molar-refractivity contribution in [2.45, 2.75) is 6.10 Å². The number of primary amides is 1. The molecular formula is C11H15NO5. The van der Waals surface area contributed by atoms with Gasteiger partial charge in [-0.2, -0.15) is 0 Å². The Bertz CT molecular complexity index is 393. The monoisotopic (exact) mass is 241 g/mol. The Kier molecular flexibility index (Phi) is 4.74. The molecule has 0 unspecified atom stereocenters. The normalized spacial score (nSPS) is 11.9. The molecule has 0 bridgehead atoms. The zero-order valence-corrected chi connectivity index (χ0v) is 9.42. The van der Waals surface area contributed by atoms with Crippen LogP contribution in [-0.4, -0.2) is 42.5 Å². The summed E-state index contributed by atoms with van der Waals surface area (Å²) in [6.07, 6.45) is -0.947. The lowest BCUT2D eigenvalue weighted by Crippen LogP contribution is -2.21. The van der Waals surface area contributed by atoms with Crippen molar-refractivity contribution in [3.8, 4) is 11.5 Å². The third-order valence-corrected chi connectivity index (χ3v) is 2.09. The van der Waals surface area contributed by atoms with Gasteiger partial charge in [0.15, 0.2) is 0 Å². The van der Waals surface area contributed by atoms with Crippen LogP contribution in [-0.2, 0) is 0 Å². The van der Waals surface area contributed by atoms with E-state index >= 15 is 0 Å². The molecule has 1 aromatic rings. The zero-order chi connectivity index (χ0) is 12.8. The second kappa shape index (κ2) is 6.07. The summed E-state index contributed by atoms with van der Waals surface area (Å²) in [5.74, 6) is 0.122. The molecule has 6 nitrogen and oxygen atoms in total. The minimum absolute atomic E-state index is 0.0461. The Labute approximate surface area is 98.6 Å². The predicted octanol–water partition coefficient (Wildman–Crippen LogP) is -0.474. The molecule has 0 radical (unpaired) electrons. The number of methoxy groups -OCH3 is 1. The number of carbonyl (C=O) groups is 1. The molecule has 0 spiro atoms. The van der Waals surface area contributed by atoms with Gasteiger partial charge in [0.2, 0.25) is 0 Å². The van der Waals surface area contributed by atoms with E-state index in [2.05, 4.69) is 0 Å². The predicted molar refractivity (Wildman–Crippen MR) is 60.1 cm³/mol. The van der Waals surface area contributed by atoms with Gasteiger partial charge in [-0.3, -0.25) is 4.79 Å². The lowest BCUT2D eigenvalue weighted by Gasteiger charge is -2.12. The second-order valence-electron chi connectivity index (χ2n) is 3.37. The molecule has 0 aliphatic heterocycles. The molecule has 0 aromatic heterocycles. The Morgan fingerprint density at radius 3 is 2.76 bits per heavy atom. The maximum absolute atomic E-state index is 11.0. The summed E-state index contributed by atoms with van der Waals surface area (Å²) in [6.45, 7) is -0.425. The maximum atomic E-state index is 11.0. The molecule has 0 heterocycles. The van der Waals surface area contributed by atoms with Crippen LogP contribution in [0.5, 0.6) is 11.5 Å². The Hall–Kier alpha value is -1.79. The summed E-state index contributed by atoms with van der Waals surface area (Å²) in [5.41, 5.74) is 5.40. The van der Waals surface area contributed by atoms with Gasteiger partial charge in [-0.1, -0.05) is 0 Å². The van der Waals surface area contributed by atoms with Crippen molar-refractivity contribution in [2.24, 2.45) is 5.73 Å². The number of hydrogen-bond acceptors (Lipinski definition) is 5. The number of aliphatic hydroxyl groups excluding tert-OH is 2. The summed E-state index contributed by atoms with van der Waals surface area (Å²) in [5, 5.41) is 17.7. The molecule has 94 valence electrons. The molecule has 1 atom stereocenters. The van der Waals surface area contributed by atoms with Crippen LogP contribution in [0.25, 0.3) is 0 Å². The number of hydrogen-bond donors (Lipinski definition) is 3. The van der Waals surface area contributed by atoms with E-state index in [1.54, 1.807) is 0 Å². The number of benzene rings is 1. The molecule has 0 aliphatic carbocycles. The fraction of sp³-hybridized carbons (Fsp3) is 0.364. The van der Waals surface area contributed by atoms with E-state index in [4.69, 9.17) is 25.4 Å². The van der Waals surface area contributed by atoms with Crippen LogP contribution >= 0.6 is 0 Å². The number of aliphatic hydroxyl groups is 2. The molecule has 0 saturated carbocycles. The Morgan fingerprint density at radius 2 is 2.24 bits per heavy atom. The van der Waals surface area contributed by atoms with E-state index in [1.807, 2.05) is 0 Å². The van der Waals surface area contributed by atoms with Gasteiger partial charge < -0.3 is 25.4 Å². The molecule has 4 N–H and O–H groups in total. The highest BCUT2D eigenvalue weighted by Gasteiger charge is 2.10. The molecular weight excluding hydrogens is 226 g/mol. The lowest BCUT2D eigenvalue weighted by molar-refractivity contribution is 0.0535. The van der Waals surface area contributed by atoms with Crippen LogP contribution in [0.1, 0.15) is 10.4 Å². The average molecular weight is 241 g/mol. The standard InChI is InChI=1S/C11H15NO5/c1-16-10-4-8(17-6-7(14)5-13)2-3-9(10)11(12)15/h2-4,7,13-14H,5-6H2,1H3,(H2,12,15)/t7-/m0/s1. The largest absolute Gasteiger partial charge is 0.496 e. The van der Waals surface area contributed by atoms with Crippen molar-refractivity contribution >= 4 is 5.91 Å². The molecule has 1 amide bonds. The topological polar surface area (TPSA) is 102 Å². The highest BCUT2D eigenvalue weighted by molar-refractivity contribution is 5.95. The van der Waals surface area contributed by atoms with Gasteiger partial charge in [-0.15, -0.1) is 0 Å². The Morgan fingerprint density at radius 1 is 1.53 bits per heavy atom. The van der Waals surface area contributed by atoms with Crippen molar-refractivity contribution in [2.75, 3.05) is 20.3 Å². The van der Waals surface area contributed by atoms with E-state index in [1.165, 1.54) is 25.3 Å². The maximum Gasteiger partial charge on any atom is 0.252 e. The summed E-state index contributed by atoms with van der Waals surface area (Å²) in [4.78, 5) is 11.0. The summed E-state index contributed by atoms with van der Waals surface area (Å²) in [6, 6.07) is 4.50. The van der Waals surface area contributed by atoms with Crippen molar-refractivity contribution in [1.29, 1.82) is 0 Å². The number of rotatable bonds is 6. The fourth-order valence-corrected chi connectivity index (χ4v) is 1.21. The molecule has 1 rings (SSSR count). The van der Waals surface area contributed by atoms with Crippen LogP contribution in [0, 0.1) is 0 Å². The van der Waals surface area contributed by atoms with Gasteiger partial charge in [-0.25, -0.2) is 0 Å². The van der Waals surface area contributed by atoms with Gasteiger partial charge in [0.1, 0.15) is 24.2 Å². The molecule has 1 aromatic carbocycles. The van der Waals surface area contributed by atoms with E-state index in [9.17, 15) is 4.79 Å². The smallest absolute Gasteiger partial charge is 0.252 e. The Balaban J connectivity index is 2.79. The van der Waals surface area contributed by atoms with Crippen molar-refractivity contribution in [1.82, 2.24) is 0 Å². The first-order valence-electron chi connectivity index (χ1n) is 4.98. The average Bonchev–Trinajstić information content (AvgIpc) is 2.35. The van der Waals surface area contributed by atoms with Crippen LogP contribution in [0.4, 0.5) is 0 Å². The van der Waals surface area contributed by atoms with Crippen LogP contribution in [0.2, 0.25) is 0 Å².